The number of hydrogen-bond donors (Lipinski definition) is 1. The Morgan fingerprint density at radius 2 is 2.15 bits per heavy atom. The average molecular weight is 347 g/mol. The first kappa shape index (κ1) is 15.1. The minimum absolute atomic E-state index is 0.114. The first-order valence-electron chi connectivity index (χ1n) is 6.31. The van der Waals surface area contributed by atoms with E-state index < -0.39 is 17.7 Å². The lowest BCUT2D eigenvalue weighted by molar-refractivity contribution is -0.137. The standard InChI is InChI=1S/C14H16BrFO4/c1-19-10-6-9(15)13(16)12(14(10)20-2)8(5-11(17)18)7-3-4-7/h6-8H,3-5H2,1-2H3,(H,17,18). The van der Waals surface area contributed by atoms with E-state index in [0.717, 1.165) is 12.8 Å². The zero-order valence-electron chi connectivity index (χ0n) is 11.3. The lowest BCUT2D eigenvalue weighted by atomic mass is 9.89. The molecular formula is C14H16BrFO4. The number of carbonyl (C=O) groups is 1. The van der Waals surface area contributed by atoms with Crippen molar-refractivity contribution in [3.05, 3.63) is 21.9 Å². The second-order valence-corrected chi connectivity index (χ2v) is 5.72. The van der Waals surface area contributed by atoms with E-state index in [4.69, 9.17) is 14.6 Å². The maximum Gasteiger partial charge on any atom is 0.303 e. The molecule has 0 bridgehead atoms. The van der Waals surface area contributed by atoms with Crippen molar-refractivity contribution in [2.24, 2.45) is 5.92 Å². The molecule has 1 saturated carbocycles. The molecule has 1 aliphatic rings. The van der Waals surface area contributed by atoms with Crippen LogP contribution in [0.2, 0.25) is 0 Å². The highest BCUT2D eigenvalue weighted by atomic mass is 79.9. The molecule has 2 rings (SSSR count). The molecule has 0 aromatic heterocycles. The molecule has 1 N–H and O–H groups in total. The summed E-state index contributed by atoms with van der Waals surface area (Å²) in [7, 11) is 2.90. The predicted molar refractivity (Wildman–Crippen MR) is 74.9 cm³/mol. The summed E-state index contributed by atoms with van der Waals surface area (Å²) in [5, 5.41) is 9.07. The third-order valence-corrected chi connectivity index (χ3v) is 4.13. The topological polar surface area (TPSA) is 55.8 Å². The van der Waals surface area contributed by atoms with E-state index in [-0.39, 0.29) is 22.6 Å². The zero-order valence-corrected chi connectivity index (χ0v) is 12.9. The second kappa shape index (κ2) is 5.99. The van der Waals surface area contributed by atoms with Crippen molar-refractivity contribution >= 4 is 21.9 Å². The number of aliphatic carboxylic acids is 1. The lowest BCUT2D eigenvalue weighted by Crippen LogP contribution is -2.12. The third kappa shape index (κ3) is 2.90. The van der Waals surface area contributed by atoms with Crippen LogP contribution >= 0.6 is 15.9 Å². The Morgan fingerprint density at radius 1 is 1.50 bits per heavy atom. The van der Waals surface area contributed by atoms with Crippen molar-refractivity contribution < 1.29 is 23.8 Å². The van der Waals surface area contributed by atoms with Crippen molar-refractivity contribution in [1.29, 1.82) is 0 Å². The highest BCUT2D eigenvalue weighted by Crippen LogP contribution is 2.51. The van der Waals surface area contributed by atoms with Crippen LogP contribution in [0.1, 0.15) is 30.7 Å². The van der Waals surface area contributed by atoms with Crippen LogP contribution in [0, 0.1) is 11.7 Å². The number of rotatable bonds is 6. The minimum atomic E-state index is -0.942. The van der Waals surface area contributed by atoms with Gasteiger partial charge >= 0.3 is 5.97 Å². The van der Waals surface area contributed by atoms with Gasteiger partial charge in [-0.25, -0.2) is 4.39 Å². The van der Waals surface area contributed by atoms with Gasteiger partial charge in [0.15, 0.2) is 11.5 Å². The van der Waals surface area contributed by atoms with Gasteiger partial charge in [-0.1, -0.05) is 0 Å². The number of halogens is 2. The van der Waals surface area contributed by atoms with Gasteiger partial charge in [0, 0.05) is 17.5 Å². The Hall–Kier alpha value is -1.30. The second-order valence-electron chi connectivity index (χ2n) is 4.86. The first-order chi connectivity index (χ1) is 9.49. The lowest BCUT2D eigenvalue weighted by Gasteiger charge is -2.21. The van der Waals surface area contributed by atoms with Gasteiger partial charge < -0.3 is 14.6 Å². The van der Waals surface area contributed by atoms with Crippen LogP contribution in [0.25, 0.3) is 0 Å². The van der Waals surface area contributed by atoms with E-state index in [1.165, 1.54) is 20.3 Å². The number of carboxylic acid groups (broad SMARTS) is 1. The zero-order chi connectivity index (χ0) is 14.9. The molecule has 0 amide bonds. The molecule has 0 spiro atoms. The normalized spacial score (nSPS) is 15.8. The molecule has 1 aromatic carbocycles. The van der Waals surface area contributed by atoms with Gasteiger partial charge in [0.25, 0.3) is 0 Å². The summed E-state index contributed by atoms with van der Waals surface area (Å²) in [5.41, 5.74) is 0.295. The fourth-order valence-corrected chi connectivity index (χ4v) is 2.91. The Balaban J connectivity index is 2.56. The molecule has 1 aromatic rings. The molecule has 1 unspecified atom stereocenters. The molecule has 1 fully saturated rings. The summed E-state index contributed by atoms with van der Waals surface area (Å²) < 4.78 is 25.2. The van der Waals surface area contributed by atoms with Crippen LogP contribution in [-0.2, 0) is 4.79 Å². The molecular weight excluding hydrogens is 331 g/mol. The number of hydrogen-bond acceptors (Lipinski definition) is 3. The number of carboxylic acids is 1. The molecule has 6 heteroatoms. The van der Waals surface area contributed by atoms with Crippen molar-refractivity contribution in [2.45, 2.75) is 25.2 Å². The number of ether oxygens (including phenoxy) is 2. The summed E-state index contributed by atoms with van der Waals surface area (Å²) in [4.78, 5) is 11.1. The molecule has 110 valence electrons. The van der Waals surface area contributed by atoms with Crippen LogP contribution in [0.15, 0.2) is 10.5 Å². The van der Waals surface area contributed by atoms with Gasteiger partial charge in [-0.05, 0) is 34.7 Å². The summed E-state index contributed by atoms with van der Waals surface area (Å²) in [6.07, 6.45) is 1.71. The largest absolute Gasteiger partial charge is 0.493 e. The van der Waals surface area contributed by atoms with Crippen molar-refractivity contribution in [3.63, 3.8) is 0 Å². The monoisotopic (exact) mass is 346 g/mol. The Labute approximate surface area is 125 Å². The third-order valence-electron chi connectivity index (χ3n) is 3.55. The van der Waals surface area contributed by atoms with Crippen LogP contribution in [0.3, 0.4) is 0 Å². The van der Waals surface area contributed by atoms with Crippen molar-refractivity contribution in [3.8, 4) is 11.5 Å². The molecule has 0 aliphatic heterocycles. The van der Waals surface area contributed by atoms with E-state index in [1.54, 1.807) is 0 Å². The molecule has 0 saturated heterocycles. The summed E-state index contributed by atoms with van der Waals surface area (Å²) in [5.74, 6) is -0.941. The smallest absolute Gasteiger partial charge is 0.303 e. The average Bonchev–Trinajstić information content (AvgIpc) is 3.22. The molecule has 20 heavy (non-hydrogen) atoms. The fraction of sp³-hybridized carbons (Fsp3) is 0.500. The molecule has 1 aliphatic carbocycles. The highest BCUT2D eigenvalue weighted by Gasteiger charge is 2.38. The van der Waals surface area contributed by atoms with Gasteiger partial charge in [-0.15, -0.1) is 0 Å². The van der Waals surface area contributed by atoms with Gasteiger partial charge in [0.1, 0.15) is 5.82 Å². The molecule has 4 nitrogen and oxygen atoms in total. The Morgan fingerprint density at radius 3 is 2.60 bits per heavy atom. The van der Waals surface area contributed by atoms with E-state index in [1.807, 2.05) is 0 Å². The summed E-state index contributed by atoms with van der Waals surface area (Å²) in [6, 6.07) is 1.49. The van der Waals surface area contributed by atoms with Crippen LogP contribution < -0.4 is 9.47 Å². The van der Waals surface area contributed by atoms with Crippen LogP contribution in [-0.4, -0.2) is 25.3 Å². The van der Waals surface area contributed by atoms with Gasteiger partial charge in [-0.2, -0.15) is 0 Å². The fourth-order valence-electron chi connectivity index (χ4n) is 2.49. The quantitative estimate of drug-likeness (QED) is 0.855. The van der Waals surface area contributed by atoms with Crippen LogP contribution in [0.4, 0.5) is 4.39 Å². The van der Waals surface area contributed by atoms with E-state index in [0.29, 0.717) is 11.3 Å². The molecule has 0 radical (unpaired) electrons. The Bertz CT molecular complexity index is 528. The van der Waals surface area contributed by atoms with E-state index in [9.17, 15) is 9.18 Å². The Kier molecular flexibility index (Phi) is 4.52. The van der Waals surface area contributed by atoms with E-state index in [2.05, 4.69) is 15.9 Å². The molecule has 1 atom stereocenters. The predicted octanol–water partition coefficient (Wildman–Crippen LogP) is 3.57. The number of methoxy groups -OCH3 is 2. The van der Waals surface area contributed by atoms with Gasteiger partial charge in [0.2, 0.25) is 0 Å². The van der Waals surface area contributed by atoms with Crippen molar-refractivity contribution in [2.75, 3.05) is 14.2 Å². The summed E-state index contributed by atoms with van der Waals surface area (Å²) in [6.45, 7) is 0. The number of benzene rings is 1. The highest BCUT2D eigenvalue weighted by molar-refractivity contribution is 9.10. The van der Waals surface area contributed by atoms with Gasteiger partial charge in [0.05, 0.1) is 25.1 Å². The maximum atomic E-state index is 14.5. The maximum absolute atomic E-state index is 14.5. The minimum Gasteiger partial charge on any atom is -0.493 e. The molecule has 0 heterocycles. The van der Waals surface area contributed by atoms with Crippen LogP contribution in [0.5, 0.6) is 11.5 Å². The van der Waals surface area contributed by atoms with Crippen molar-refractivity contribution in [1.82, 2.24) is 0 Å². The SMILES string of the molecule is COc1cc(Br)c(F)c(C(CC(=O)O)C2CC2)c1OC. The first-order valence-corrected chi connectivity index (χ1v) is 7.10. The summed E-state index contributed by atoms with van der Waals surface area (Å²) >= 11 is 3.15. The van der Waals surface area contributed by atoms with Gasteiger partial charge in [-0.3, -0.25) is 4.79 Å². The van der Waals surface area contributed by atoms with E-state index >= 15 is 0 Å².